The van der Waals surface area contributed by atoms with E-state index in [2.05, 4.69) is 29.3 Å². The molecule has 0 spiro atoms. The van der Waals surface area contributed by atoms with Crippen molar-refractivity contribution >= 4 is 22.7 Å². The van der Waals surface area contributed by atoms with Gasteiger partial charge < -0.3 is 4.98 Å². The van der Waals surface area contributed by atoms with E-state index in [1.807, 2.05) is 12.1 Å². The second-order valence-electron chi connectivity index (χ2n) is 3.33. The molecular weight excluding hydrogens is 204 g/mol. The van der Waals surface area contributed by atoms with Gasteiger partial charge in [0.1, 0.15) is 0 Å². The van der Waals surface area contributed by atoms with Crippen LogP contribution < -0.4 is 0 Å². The molecule has 3 heteroatoms. The number of aromatic amines is 1. The van der Waals surface area contributed by atoms with Crippen molar-refractivity contribution in [1.29, 1.82) is 5.26 Å². The minimum Gasteiger partial charge on any atom is -0.350 e. The number of nitrogens with zero attached hydrogens (tertiary/aromatic N) is 1. The number of hydrogen-bond donors (Lipinski definition) is 1. The Morgan fingerprint density at radius 1 is 1.33 bits per heavy atom. The van der Waals surface area contributed by atoms with Crippen molar-refractivity contribution in [1.82, 2.24) is 4.98 Å². The molecule has 0 atom stereocenters. The zero-order valence-electron chi connectivity index (χ0n) is 8.36. The lowest BCUT2D eigenvalue weighted by atomic mass is 10.3. The summed E-state index contributed by atoms with van der Waals surface area (Å²) in [7, 11) is 0. The van der Waals surface area contributed by atoms with Gasteiger partial charge in [-0.3, -0.25) is 0 Å². The van der Waals surface area contributed by atoms with E-state index >= 15 is 0 Å². The van der Waals surface area contributed by atoms with Crippen molar-refractivity contribution in [2.24, 2.45) is 0 Å². The summed E-state index contributed by atoms with van der Waals surface area (Å²) < 4.78 is 0. The Kier molecular flexibility index (Phi) is 3.31. The van der Waals surface area contributed by atoms with Crippen LogP contribution in [0.15, 0.2) is 35.4 Å². The SMILES string of the molecule is N#CCCCSc1cc2ccccc2[nH]1. The van der Waals surface area contributed by atoms with Crippen molar-refractivity contribution in [3.8, 4) is 6.07 Å². The van der Waals surface area contributed by atoms with E-state index < -0.39 is 0 Å². The van der Waals surface area contributed by atoms with Gasteiger partial charge in [-0.25, -0.2) is 0 Å². The molecule has 0 radical (unpaired) electrons. The van der Waals surface area contributed by atoms with Crippen molar-refractivity contribution in [2.75, 3.05) is 5.75 Å². The number of para-hydroxylation sites is 1. The largest absolute Gasteiger partial charge is 0.350 e. The van der Waals surface area contributed by atoms with Gasteiger partial charge in [-0.05, 0) is 18.6 Å². The lowest BCUT2D eigenvalue weighted by Gasteiger charge is -1.94. The predicted molar refractivity (Wildman–Crippen MR) is 63.9 cm³/mol. The molecule has 76 valence electrons. The molecule has 0 unspecified atom stereocenters. The highest BCUT2D eigenvalue weighted by Gasteiger charge is 1.99. The average Bonchev–Trinajstić information content (AvgIpc) is 2.67. The van der Waals surface area contributed by atoms with Crippen LogP contribution in [0.5, 0.6) is 0 Å². The molecule has 1 aromatic heterocycles. The molecule has 0 aliphatic carbocycles. The number of rotatable bonds is 4. The van der Waals surface area contributed by atoms with E-state index in [1.54, 1.807) is 11.8 Å². The number of thioether (sulfide) groups is 1. The van der Waals surface area contributed by atoms with E-state index in [9.17, 15) is 0 Å². The van der Waals surface area contributed by atoms with Gasteiger partial charge in [-0.1, -0.05) is 18.2 Å². The van der Waals surface area contributed by atoms with Gasteiger partial charge in [-0.2, -0.15) is 5.26 Å². The van der Waals surface area contributed by atoms with E-state index in [-0.39, 0.29) is 0 Å². The van der Waals surface area contributed by atoms with Gasteiger partial charge in [-0.15, -0.1) is 11.8 Å². The minimum absolute atomic E-state index is 0.646. The molecule has 0 aliphatic heterocycles. The molecule has 0 saturated carbocycles. The Bertz CT molecular complexity index is 449. The number of unbranched alkanes of at least 4 members (excludes halogenated alkanes) is 1. The summed E-state index contributed by atoms with van der Waals surface area (Å²) in [5.74, 6) is 1.00. The smallest absolute Gasteiger partial charge is 0.0732 e. The third-order valence-corrected chi connectivity index (χ3v) is 3.22. The van der Waals surface area contributed by atoms with Crippen molar-refractivity contribution in [3.63, 3.8) is 0 Å². The molecule has 15 heavy (non-hydrogen) atoms. The second-order valence-corrected chi connectivity index (χ2v) is 4.47. The molecule has 1 heterocycles. The standard InChI is InChI=1S/C12H12N2S/c13-7-3-4-8-15-12-9-10-5-1-2-6-11(10)14-12/h1-2,5-6,9,14H,3-4,8H2. The van der Waals surface area contributed by atoms with Crippen molar-refractivity contribution in [2.45, 2.75) is 17.9 Å². The van der Waals surface area contributed by atoms with E-state index in [0.717, 1.165) is 12.2 Å². The number of H-pyrrole nitrogens is 1. The van der Waals surface area contributed by atoms with Crippen molar-refractivity contribution in [3.05, 3.63) is 30.3 Å². The lowest BCUT2D eigenvalue weighted by Crippen LogP contribution is -1.78. The highest BCUT2D eigenvalue weighted by Crippen LogP contribution is 2.23. The maximum Gasteiger partial charge on any atom is 0.0732 e. The quantitative estimate of drug-likeness (QED) is 0.627. The highest BCUT2D eigenvalue weighted by molar-refractivity contribution is 7.99. The molecule has 2 rings (SSSR count). The molecule has 0 aliphatic rings. The molecule has 0 saturated heterocycles. The zero-order chi connectivity index (χ0) is 10.5. The Balaban J connectivity index is 2.00. The van der Waals surface area contributed by atoms with Crippen molar-refractivity contribution < 1.29 is 0 Å². The van der Waals surface area contributed by atoms with Crippen LogP contribution in [0, 0.1) is 11.3 Å². The first-order chi connectivity index (χ1) is 7.40. The van der Waals surface area contributed by atoms with E-state index in [4.69, 9.17) is 5.26 Å². The number of nitrogens with one attached hydrogen (secondary N) is 1. The maximum atomic E-state index is 8.41. The second kappa shape index (κ2) is 4.90. The van der Waals surface area contributed by atoms with Gasteiger partial charge in [0.15, 0.2) is 0 Å². The third-order valence-electron chi connectivity index (χ3n) is 2.20. The molecule has 0 bridgehead atoms. The normalized spacial score (nSPS) is 10.3. The number of hydrogen-bond acceptors (Lipinski definition) is 2. The van der Waals surface area contributed by atoms with Gasteiger partial charge in [0, 0.05) is 23.1 Å². The summed E-state index contributed by atoms with van der Waals surface area (Å²) in [4.78, 5) is 3.35. The molecule has 1 N–H and O–H groups in total. The van der Waals surface area contributed by atoms with Gasteiger partial charge in [0.25, 0.3) is 0 Å². The van der Waals surface area contributed by atoms with Crippen LogP contribution in [0.3, 0.4) is 0 Å². The minimum atomic E-state index is 0.646. The Labute approximate surface area is 93.3 Å². The first kappa shape index (κ1) is 10.1. The van der Waals surface area contributed by atoms with Crippen LogP contribution in [-0.4, -0.2) is 10.7 Å². The first-order valence-corrected chi connectivity index (χ1v) is 5.96. The maximum absolute atomic E-state index is 8.41. The van der Waals surface area contributed by atoms with Gasteiger partial charge >= 0.3 is 0 Å². The summed E-state index contributed by atoms with van der Waals surface area (Å²) in [5, 5.41) is 10.9. The van der Waals surface area contributed by atoms with Crippen LogP contribution in [0.4, 0.5) is 0 Å². The summed E-state index contributed by atoms with van der Waals surface area (Å²) >= 11 is 1.78. The fraction of sp³-hybridized carbons (Fsp3) is 0.250. The number of nitriles is 1. The Hall–Kier alpha value is -1.40. The summed E-state index contributed by atoms with van der Waals surface area (Å²) in [6, 6.07) is 12.6. The molecule has 1 aromatic carbocycles. The Morgan fingerprint density at radius 3 is 3.00 bits per heavy atom. The fourth-order valence-corrected chi connectivity index (χ4v) is 2.36. The highest BCUT2D eigenvalue weighted by atomic mass is 32.2. The van der Waals surface area contributed by atoms with Crippen LogP contribution in [0.1, 0.15) is 12.8 Å². The molecule has 2 aromatic rings. The fourth-order valence-electron chi connectivity index (χ4n) is 1.46. The molecule has 2 nitrogen and oxygen atoms in total. The summed E-state index contributed by atoms with van der Waals surface area (Å²) in [5.41, 5.74) is 1.18. The lowest BCUT2D eigenvalue weighted by molar-refractivity contribution is 0.979. The zero-order valence-corrected chi connectivity index (χ0v) is 9.18. The van der Waals surface area contributed by atoms with Gasteiger partial charge in [0.2, 0.25) is 0 Å². The van der Waals surface area contributed by atoms with Crippen LogP contribution in [0.2, 0.25) is 0 Å². The van der Waals surface area contributed by atoms with Crippen LogP contribution in [0.25, 0.3) is 10.9 Å². The molecule has 0 amide bonds. The number of fused-ring (bicyclic) bond motifs is 1. The van der Waals surface area contributed by atoms with Crippen LogP contribution in [-0.2, 0) is 0 Å². The predicted octanol–water partition coefficient (Wildman–Crippen LogP) is 3.56. The van der Waals surface area contributed by atoms with E-state index in [0.29, 0.717) is 6.42 Å². The third kappa shape index (κ3) is 2.54. The summed E-state index contributed by atoms with van der Waals surface area (Å²) in [6.07, 6.45) is 1.60. The number of aromatic nitrogens is 1. The topological polar surface area (TPSA) is 39.6 Å². The first-order valence-electron chi connectivity index (χ1n) is 4.97. The molecular formula is C12H12N2S. The Morgan fingerprint density at radius 2 is 2.20 bits per heavy atom. The molecule has 0 fully saturated rings. The average molecular weight is 216 g/mol. The monoisotopic (exact) mass is 216 g/mol. The summed E-state index contributed by atoms with van der Waals surface area (Å²) in [6.45, 7) is 0. The van der Waals surface area contributed by atoms with E-state index in [1.165, 1.54) is 15.9 Å². The van der Waals surface area contributed by atoms with Gasteiger partial charge in [0.05, 0.1) is 11.1 Å². The number of benzene rings is 1. The van der Waals surface area contributed by atoms with Crippen LogP contribution >= 0.6 is 11.8 Å².